The van der Waals surface area contributed by atoms with Crippen molar-refractivity contribution in [1.82, 2.24) is 0 Å². The molecular formula is C27H21ClF3NO3. The second-order valence-electron chi connectivity index (χ2n) is 7.80. The van der Waals surface area contributed by atoms with Crippen LogP contribution in [0.5, 0.6) is 5.75 Å². The molecule has 0 aliphatic heterocycles. The van der Waals surface area contributed by atoms with Crippen molar-refractivity contribution in [2.45, 2.75) is 20.0 Å². The third kappa shape index (κ3) is 5.35. The zero-order valence-electron chi connectivity index (χ0n) is 18.9. The number of fused-ring (bicyclic) bond motifs is 1. The van der Waals surface area contributed by atoms with Crippen molar-refractivity contribution in [3.8, 4) is 16.9 Å². The second-order valence-corrected chi connectivity index (χ2v) is 8.21. The first-order valence-electron chi connectivity index (χ1n) is 10.8. The van der Waals surface area contributed by atoms with E-state index >= 15 is 0 Å². The molecule has 1 heterocycles. The molecule has 0 aliphatic carbocycles. The number of hydrogen-bond acceptors (Lipinski definition) is 3. The van der Waals surface area contributed by atoms with Gasteiger partial charge in [0.2, 0.25) is 5.91 Å². The first-order chi connectivity index (χ1) is 16.7. The van der Waals surface area contributed by atoms with Crippen LogP contribution >= 0.6 is 11.6 Å². The highest BCUT2D eigenvalue weighted by molar-refractivity contribution is 6.33. The molecule has 0 radical (unpaired) electrons. The summed E-state index contributed by atoms with van der Waals surface area (Å²) in [6, 6.07) is 16.1. The summed E-state index contributed by atoms with van der Waals surface area (Å²) in [6.45, 7) is 3.95. The van der Waals surface area contributed by atoms with E-state index in [0.717, 1.165) is 34.7 Å². The number of anilines is 1. The topological polar surface area (TPSA) is 51.5 Å². The van der Waals surface area contributed by atoms with E-state index in [1.165, 1.54) is 6.08 Å². The van der Waals surface area contributed by atoms with E-state index in [1.807, 2.05) is 43.3 Å². The molecule has 4 aromatic rings. The molecule has 0 bridgehead atoms. The summed E-state index contributed by atoms with van der Waals surface area (Å²) < 4.78 is 50.7. The Bertz CT molecular complexity index is 1410. The number of carbonyl (C=O) groups is 1. The van der Waals surface area contributed by atoms with Gasteiger partial charge in [-0.3, -0.25) is 4.79 Å². The Morgan fingerprint density at radius 1 is 1.11 bits per heavy atom. The normalized spacial score (nSPS) is 12.1. The number of ether oxygens (including phenoxy) is 1. The number of hydrogen-bond donors (Lipinski definition) is 1. The van der Waals surface area contributed by atoms with Gasteiger partial charge in [0.25, 0.3) is 0 Å². The lowest BCUT2D eigenvalue weighted by molar-refractivity contribution is -0.137. The maximum absolute atomic E-state index is 13.1. The molecule has 1 amide bonds. The Labute approximate surface area is 205 Å². The molecular weight excluding hydrogens is 479 g/mol. The summed E-state index contributed by atoms with van der Waals surface area (Å²) in [7, 11) is 0. The van der Waals surface area contributed by atoms with E-state index in [0.29, 0.717) is 29.1 Å². The predicted molar refractivity (Wildman–Crippen MR) is 132 cm³/mol. The second kappa shape index (κ2) is 9.88. The number of halogens is 4. The van der Waals surface area contributed by atoms with Gasteiger partial charge in [0.15, 0.2) is 0 Å². The molecule has 4 rings (SSSR count). The van der Waals surface area contributed by atoms with Crippen LogP contribution in [0.3, 0.4) is 0 Å². The predicted octanol–water partition coefficient (Wildman–Crippen LogP) is 8.21. The van der Waals surface area contributed by atoms with Crippen LogP contribution in [0, 0.1) is 0 Å². The lowest BCUT2D eigenvalue weighted by atomic mass is 9.99. The van der Waals surface area contributed by atoms with Crippen LogP contribution in [0.25, 0.3) is 27.7 Å². The van der Waals surface area contributed by atoms with E-state index < -0.39 is 17.6 Å². The summed E-state index contributed by atoms with van der Waals surface area (Å²) in [4.78, 5) is 12.7. The minimum absolute atomic E-state index is 0.000252. The molecule has 0 atom stereocenters. The molecule has 0 spiro atoms. The molecule has 0 unspecified atom stereocenters. The van der Waals surface area contributed by atoms with Crippen LogP contribution in [-0.4, -0.2) is 12.5 Å². The minimum Gasteiger partial charge on any atom is -0.493 e. The van der Waals surface area contributed by atoms with Gasteiger partial charge in [0.05, 0.1) is 29.1 Å². The van der Waals surface area contributed by atoms with Gasteiger partial charge >= 0.3 is 6.18 Å². The fraction of sp³-hybridized carbons (Fsp3) is 0.148. The molecule has 0 fully saturated rings. The van der Waals surface area contributed by atoms with Crippen molar-refractivity contribution in [2.24, 2.45) is 0 Å². The monoisotopic (exact) mass is 499 g/mol. The van der Waals surface area contributed by atoms with Gasteiger partial charge < -0.3 is 14.5 Å². The third-order valence-electron chi connectivity index (χ3n) is 5.38. The lowest BCUT2D eigenvalue weighted by Crippen LogP contribution is -2.11. The first kappa shape index (κ1) is 24.4. The number of furan rings is 1. The zero-order valence-corrected chi connectivity index (χ0v) is 19.6. The highest BCUT2D eigenvalue weighted by Crippen LogP contribution is 2.38. The van der Waals surface area contributed by atoms with Crippen LogP contribution in [-0.2, 0) is 11.0 Å². The fourth-order valence-corrected chi connectivity index (χ4v) is 3.88. The van der Waals surface area contributed by atoms with Gasteiger partial charge in [-0.05, 0) is 49.2 Å². The third-order valence-corrected chi connectivity index (χ3v) is 5.71. The molecule has 180 valence electrons. The molecule has 0 saturated heterocycles. The van der Waals surface area contributed by atoms with Crippen LogP contribution in [0.4, 0.5) is 18.9 Å². The first-order valence-corrected chi connectivity index (χ1v) is 11.1. The van der Waals surface area contributed by atoms with E-state index in [4.69, 9.17) is 20.8 Å². The zero-order chi connectivity index (χ0) is 25.2. The summed E-state index contributed by atoms with van der Waals surface area (Å²) >= 11 is 6.01. The molecule has 0 aliphatic rings. The summed E-state index contributed by atoms with van der Waals surface area (Å²) in [5, 5.41) is 3.27. The quantitative estimate of drug-likeness (QED) is 0.272. The van der Waals surface area contributed by atoms with E-state index in [2.05, 4.69) is 5.32 Å². The van der Waals surface area contributed by atoms with Crippen LogP contribution < -0.4 is 10.1 Å². The van der Waals surface area contributed by atoms with E-state index in [-0.39, 0.29) is 10.7 Å². The molecule has 1 N–H and O–H groups in total. The highest BCUT2D eigenvalue weighted by atomic mass is 35.5. The van der Waals surface area contributed by atoms with Crippen molar-refractivity contribution in [1.29, 1.82) is 0 Å². The van der Waals surface area contributed by atoms with Crippen molar-refractivity contribution in [3.63, 3.8) is 0 Å². The Kier molecular flexibility index (Phi) is 6.89. The highest BCUT2D eigenvalue weighted by Gasteiger charge is 2.31. The minimum atomic E-state index is -4.56. The van der Waals surface area contributed by atoms with Gasteiger partial charge in [-0.15, -0.1) is 0 Å². The van der Waals surface area contributed by atoms with Gasteiger partial charge in [0.1, 0.15) is 11.3 Å². The molecule has 0 saturated carbocycles. The Balaban J connectivity index is 1.70. The fourth-order valence-electron chi connectivity index (χ4n) is 3.72. The number of allylic oxidation sites excluding steroid dienone is 1. The van der Waals surface area contributed by atoms with Crippen LogP contribution in [0.2, 0.25) is 5.02 Å². The number of amides is 1. The number of alkyl halides is 3. The van der Waals surface area contributed by atoms with Crippen molar-refractivity contribution in [3.05, 3.63) is 89.2 Å². The lowest BCUT2D eigenvalue weighted by Gasteiger charge is -2.13. The Morgan fingerprint density at radius 2 is 1.86 bits per heavy atom. The van der Waals surface area contributed by atoms with Crippen LogP contribution in [0.15, 0.2) is 77.4 Å². The summed E-state index contributed by atoms with van der Waals surface area (Å²) in [5.41, 5.74) is 2.66. The SMILES string of the molecule is CCOc1cc2occ(-c3ccccc3)c2cc1/C(C)=C/C(=O)Nc1cc(C(F)(F)F)ccc1Cl. The molecule has 4 nitrogen and oxygen atoms in total. The number of carbonyl (C=O) groups excluding carboxylic acids is 1. The van der Waals surface area contributed by atoms with Gasteiger partial charge in [-0.25, -0.2) is 0 Å². The van der Waals surface area contributed by atoms with Crippen LogP contribution in [0.1, 0.15) is 25.0 Å². The average Bonchev–Trinajstić information content (AvgIpc) is 3.23. The average molecular weight is 500 g/mol. The van der Waals surface area contributed by atoms with Crippen molar-refractivity contribution in [2.75, 3.05) is 11.9 Å². The Morgan fingerprint density at radius 3 is 2.54 bits per heavy atom. The molecule has 35 heavy (non-hydrogen) atoms. The summed E-state index contributed by atoms with van der Waals surface area (Å²) in [5.74, 6) is -0.102. The molecule has 1 aromatic heterocycles. The summed E-state index contributed by atoms with van der Waals surface area (Å²) in [6.07, 6.45) is -1.60. The molecule has 8 heteroatoms. The van der Waals surface area contributed by atoms with Gasteiger partial charge in [-0.1, -0.05) is 41.9 Å². The smallest absolute Gasteiger partial charge is 0.416 e. The maximum atomic E-state index is 13.1. The van der Waals surface area contributed by atoms with Crippen molar-refractivity contribution >= 4 is 39.7 Å². The number of rotatable bonds is 6. The largest absolute Gasteiger partial charge is 0.493 e. The van der Waals surface area contributed by atoms with Gasteiger partial charge in [-0.2, -0.15) is 13.2 Å². The van der Waals surface area contributed by atoms with Crippen molar-refractivity contribution < 1.29 is 27.1 Å². The van der Waals surface area contributed by atoms with E-state index in [1.54, 1.807) is 19.3 Å². The van der Waals surface area contributed by atoms with E-state index in [9.17, 15) is 18.0 Å². The Hall–Kier alpha value is -3.71. The van der Waals surface area contributed by atoms with Gasteiger partial charge in [0, 0.05) is 28.7 Å². The molecule has 3 aromatic carbocycles. The maximum Gasteiger partial charge on any atom is 0.416 e. The number of benzene rings is 3. The standard InChI is InChI=1S/C27H21ClF3NO3/c1-3-34-24-14-25-20(21(15-35-25)17-7-5-4-6-8-17)13-19(24)16(2)11-26(33)32-23-12-18(27(29,30)31)9-10-22(23)28/h4-15H,3H2,1-2H3,(H,32,33)/b16-11+. The number of nitrogens with one attached hydrogen (secondary N) is 1.